The predicted molar refractivity (Wildman–Crippen MR) is 77.2 cm³/mol. The summed E-state index contributed by atoms with van der Waals surface area (Å²) >= 11 is 1.53. The number of hydrogen-bond acceptors (Lipinski definition) is 5. The van der Waals surface area contributed by atoms with Crippen LogP contribution in [0.2, 0.25) is 0 Å². The van der Waals surface area contributed by atoms with Gasteiger partial charge in [0, 0.05) is 18.4 Å². The maximum atomic E-state index is 13.2. The minimum absolute atomic E-state index is 0.309. The minimum Gasteiger partial charge on any atom is -0.444 e. The van der Waals surface area contributed by atoms with E-state index >= 15 is 0 Å². The first kappa shape index (κ1) is 13.8. The van der Waals surface area contributed by atoms with Crippen LogP contribution in [0.4, 0.5) is 4.39 Å². The Morgan fingerprint density at radius 2 is 2.19 bits per heavy atom. The van der Waals surface area contributed by atoms with Crippen LogP contribution >= 0.6 is 11.8 Å². The summed E-state index contributed by atoms with van der Waals surface area (Å²) < 4.78 is 20.5. The predicted octanol–water partition coefficient (Wildman–Crippen LogP) is 3.21. The zero-order valence-corrected chi connectivity index (χ0v) is 12.4. The summed E-state index contributed by atoms with van der Waals surface area (Å²) in [5.74, 6) is 1.58. The second-order valence-corrected chi connectivity index (χ2v) is 5.47. The van der Waals surface area contributed by atoms with E-state index in [1.807, 2.05) is 18.5 Å². The molecule has 3 aromatic rings. The van der Waals surface area contributed by atoms with Crippen LogP contribution in [0, 0.1) is 12.7 Å². The van der Waals surface area contributed by atoms with Gasteiger partial charge in [-0.3, -0.25) is 0 Å². The molecule has 0 aliphatic heterocycles. The van der Waals surface area contributed by atoms with Gasteiger partial charge >= 0.3 is 0 Å². The zero-order valence-electron chi connectivity index (χ0n) is 11.6. The Hall–Kier alpha value is -2.15. The maximum Gasteiger partial charge on any atom is 0.226 e. The number of aromatic nitrogens is 4. The van der Waals surface area contributed by atoms with E-state index in [4.69, 9.17) is 4.42 Å². The number of benzene rings is 1. The lowest BCUT2D eigenvalue weighted by molar-refractivity contribution is 0.571. The van der Waals surface area contributed by atoms with E-state index < -0.39 is 0 Å². The number of aryl methyl sites for hydroxylation is 1. The van der Waals surface area contributed by atoms with E-state index in [1.165, 1.54) is 23.9 Å². The van der Waals surface area contributed by atoms with E-state index in [0.717, 1.165) is 16.7 Å². The van der Waals surface area contributed by atoms with Crippen molar-refractivity contribution in [2.75, 3.05) is 0 Å². The van der Waals surface area contributed by atoms with Crippen LogP contribution in [-0.2, 0) is 12.8 Å². The highest BCUT2D eigenvalue weighted by atomic mass is 32.2. The lowest BCUT2D eigenvalue weighted by Crippen LogP contribution is -1.93. The molecular formula is C14H13FN4OS. The van der Waals surface area contributed by atoms with Gasteiger partial charge in [0.1, 0.15) is 17.9 Å². The summed E-state index contributed by atoms with van der Waals surface area (Å²) in [6.45, 7) is 1.90. The van der Waals surface area contributed by atoms with Gasteiger partial charge in [-0.1, -0.05) is 17.8 Å². The average molecular weight is 304 g/mol. The average Bonchev–Trinajstić information content (AvgIpc) is 3.06. The topological polar surface area (TPSA) is 56.7 Å². The first-order valence-electron chi connectivity index (χ1n) is 6.32. The van der Waals surface area contributed by atoms with Crippen molar-refractivity contribution >= 4 is 11.8 Å². The molecule has 3 rings (SSSR count). The van der Waals surface area contributed by atoms with Crippen LogP contribution in [0.25, 0.3) is 11.5 Å². The quantitative estimate of drug-likeness (QED) is 0.693. The molecule has 0 spiro atoms. The van der Waals surface area contributed by atoms with Crippen molar-refractivity contribution in [3.8, 4) is 11.5 Å². The lowest BCUT2D eigenvalue weighted by atomic mass is 10.2. The Kier molecular flexibility index (Phi) is 3.74. The number of oxazole rings is 1. The second-order valence-electron chi connectivity index (χ2n) is 4.53. The highest BCUT2D eigenvalue weighted by Gasteiger charge is 2.10. The summed E-state index contributed by atoms with van der Waals surface area (Å²) in [5.41, 5.74) is 1.40. The van der Waals surface area contributed by atoms with E-state index in [9.17, 15) is 4.39 Å². The molecule has 0 bridgehead atoms. The Balaban J connectivity index is 1.72. The Bertz CT molecular complexity index is 768. The largest absolute Gasteiger partial charge is 0.444 e. The molecule has 0 saturated heterocycles. The van der Waals surface area contributed by atoms with Gasteiger partial charge in [-0.05, 0) is 25.1 Å². The van der Waals surface area contributed by atoms with Gasteiger partial charge in [-0.2, -0.15) is 0 Å². The van der Waals surface area contributed by atoms with Gasteiger partial charge in [0.2, 0.25) is 5.89 Å². The molecule has 0 aliphatic rings. The third kappa shape index (κ3) is 2.97. The molecule has 1 aromatic carbocycles. The van der Waals surface area contributed by atoms with E-state index in [1.54, 1.807) is 18.4 Å². The van der Waals surface area contributed by atoms with Crippen molar-refractivity contribution in [2.24, 2.45) is 7.05 Å². The number of nitrogens with zero attached hydrogens (tertiary/aromatic N) is 4. The fourth-order valence-corrected chi connectivity index (χ4v) is 2.61. The molecule has 108 valence electrons. The summed E-state index contributed by atoms with van der Waals surface area (Å²) in [4.78, 5) is 4.36. The monoisotopic (exact) mass is 304 g/mol. The minimum atomic E-state index is -0.309. The SMILES string of the molecule is Cc1nnc(SCc2coc(-c3cccc(F)c3)n2)n1C. The van der Waals surface area contributed by atoms with Crippen molar-refractivity contribution in [3.05, 3.63) is 47.9 Å². The van der Waals surface area contributed by atoms with Crippen LogP contribution in [0.1, 0.15) is 11.5 Å². The second kappa shape index (κ2) is 5.69. The normalized spacial score (nSPS) is 11.0. The molecule has 2 aromatic heterocycles. The zero-order chi connectivity index (χ0) is 14.8. The summed E-state index contributed by atoms with van der Waals surface area (Å²) in [6, 6.07) is 6.18. The molecule has 21 heavy (non-hydrogen) atoms. The smallest absolute Gasteiger partial charge is 0.226 e. The van der Waals surface area contributed by atoms with Gasteiger partial charge in [-0.15, -0.1) is 10.2 Å². The van der Waals surface area contributed by atoms with Crippen molar-refractivity contribution in [3.63, 3.8) is 0 Å². The standard InChI is InChI=1S/C14H13FN4OS/c1-9-17-18-14(19(9)2)21-8-12-7-20-13(16-12)10-4-3-5-11(15)6-10/h3-7H,8H2,1-2H3. The molecule has 0 aliphatic carbocycles. The van der Waals surface area contributed by atoms with Gasteiger partial charge in [0.15, 0.2) is 5.16 Å². The Morgan fingerprint density at radius 3 is 2.90 bits per heavy atom. The van der Waals surface area contributed by atoms with Crippen molar-refractivity contribution in [1.29, 1.82) is 0 Å². The van der Waals surface area contributed by atoms with Crippen molar-refractivity contribution in [1.82, 2.24) is 19.7 Å². The molecule has 0 unspecified atom stereocenters. The van der Waals surface area contributed by atoms with Crippen LogP contribution in [0.5, 0.6) is 0 Å². The number of halogens is 1. The van der Waals surface area contributed by atoms with Gasteiger partial charge in [-0.25, -0.2) is 9.37 Å². The van der Waals surface area contributed by atoms with E-state index in [0.29, 0.717) is 17.2 Å². The van der Waals surface area contributed by atoms with Crippen LogP contribution in [-0.4, -0.2) is 19.7 Å². The number of thioether (sulfide) groups is 1. The first-order chi connectivity index (χ1) is 10.1. The maximum absolute atomic E-state index is 13.2. The van der Waals surface area contributed by atoms with E-state index in [-0.39, 0.29) is 5.82 Å². The molecule has 2 heterocycles. The van der Waals surface area contributed by atoms with Gasteiger partial charge in [0.05, 0.1) is 5.69 Å². The molecule has 0 fully saturated rings. The summed E-state index contributed by atoms with van der Waals surface area (Å²) in [7, 11) is 1.92. The molecule has 0 N–H and O–H groups in total. The number of hydrogen-bond donors (Lipinski definition) is 0. The van der Waals surface area contributed by atoms with Crippen LogP contribution < -0.4 is 0 Å². The molecule has 0 atom stereocenters. The number of rotatable bonds is 4. The highest BCUT2D eigenvalue weighted by molar-refractivity contribution is 7.98. The lowest BCUT2D eigenvalue weighted by Gasteiger charge is -1.98. The van der Waals surface area contributed by atoms with Crippen LogP contribution in [0.15, 0.2) is 40.1 Å². The molecule has 5 nitrogen and oxygen atoms in total. The van der Waals surface area contributed by atoms with Crippen molar-refractivity contribution < 1.29 is 8.81 Å². The first-order valence-corrected chi connectivity index (χ1v) is 7.31. The summed E-state index contributed by atoms with van der Waals surface area (Å²) in [5, 5.41) is 8.89. The fraction of sp³-hybridized carbons (Fsp3) is 0.214. The van der Waals surface area contributed by atoms with E-state index in [2.05, 4.69) is 15.2 Å². The third-order valence-corrected chi connectivity index (χ3v) is 4.08. The van der Waals surface area contributed by atoms with Crippen molar-refractivity contribution in [2.45, 2.75) is 17.8 Å². The molecule has 0 amide bonds. The van der Waals surface area contributed by atoms with Gasteiger partial charge < -0.3 is 8.98 Å². The highest BCUT2D eigenvalue weighted by Crippen LogP contribution is 2.24. The van der Waals surface area contributed by atoms with Gasteiger partial charge in [0.25, 0.3) is 0 Å². The third-order valence-electron chi connectivity index (χ3n) is 3.03. The Morgan fingerprint density at radius 1 is 1.33 bits per heavy atom. The molecule has 7 heteroatoms. The Labute approximate surface area is 125 Å². The molecular weight excluding hydrogens is 291 g/mol. The molecule has 0 saturated carbocycles. The molecule has 0 radical (unpaired) electrons. The fourth-order valence-electron chi connectivity index (χ4n) is 1.78. The van der Waals surface area contributed by atoms with Crippen LogP contribution in [0.3, 0.4) is 0 Å². The summed E-state index contributed by atoms with van der Waals surface area (Å²) in [6.07, 6.45) is 1.58.